The fourth-order valence-electron chi connectivity index (χ4n) is 1.40. The summed E-state index contributed by atoms with van der Waals surface area (Å²) in [6.45, 7) is 1.94. The number of hydrogen-bond donors (Lipinski definition) is 1. The number of hydrogen-bond acceptors (Lipinski definition) is 4. The maximum atomic E-state index is 11.2. The van der Waals surface area contributed by atoms with Crippen LogP contribution in [0.1, 0.15) is 11.4 Å². The first-order valence-electron chi connectivity index (χ1n) is 4.73. The Hall–Kier alpha value is -1.93. The lowest BCUT2D eigenvalue weighted by Crippen LogP contribution is -2.09. The highest BCUT2D eigenvalue weighted by molar-refractivity contribution is 7.18. The molecule has 0 bridgehead atoms. The summed E-state index contributed by atoms with van der Waals surface area (Å²) >= 11 is 1.61. The highest BCUT2D eigenvalue weighted by Gasteiger charge is 2.04. The van der Waals surface area contributed by atoms with Crippen LogP contribution in [0.4, 0.5) is 5.69 Å². The number of rotatable bonds is 2. The molecule has 80 valence electrons. The Kier molecular flexibility index (Phi) is 2.84. The smallest absolute Gasteiger partial charge is 0.238 e. The predicted molar refractivity (Wildman–Crippen MR) is 63.2 cm³/mol. The van der Waals surface area contributed by atoms with E-state index in [9.17, 15) is 4.79 Å². The molecule has 0 aliphatic rings. The van der Waals surface area contributed by atoms with Crippen molar-refractivity contribution in [2.75, 3.05) is 5.32 Å². The van der Waals surface area contributed by atoms with Gasteiger partial charge in [0.25, 0.3) is 0 Å². The van der Waals surface area contributed by atoms with Gasteiger partial charge < -0.3 is 5.32 Å². The average Bonchev–Trinajstić information content (AvgIpc) is 2.57. The third-order valence-corrected chi connectivity index (χ3v) is 2.97. The molecule has 1 amide bonds. The first-order valence-corrected chi connectivity index (χ1v) is 5.54. The molecule has 1 heterocycles. The minimum Gasteiger partial charge on any atom is -0.325 e. The third-order valence-electron chi connectivity index (χ3n) is 2.02. The Morgan fingerprint density at radius 3 is 3.19 bits per heavy atom. The van der Waals surface area contributed by atoms with Crippen LogP contribution in [0, 0.1) is 18.3 Å². The van der Waals surface area contributed by atoms with Gasteiger partial charge in [-0.3, -0.25) is 4.79 Å². The van der Waals surface area contributed by atoms with Crippen molar-refractivity contribution in [1.29, 1.82) is 5.26 Å². The van der Waals surface area contributed by atoms with E-state index in [0.29, 0.717) is 5.69 Å². The molecule has 0 atom stereocenters. The summed E-state index contributed by atoms with van der Waals surface area (Å²) < 4.78 is 1.09. The van der Waals surface area contributed by atoms with Gasteiger partial charge in [0.15, 0.2) is 0 Å². The number of carbonyl (C=O) groups excluding carboxylic acids is 1. The summed E-state index contributed by atoms with van der Waals surface area (Å²) in [6, 6.07) is 7.35. The van der Waals surface area contributed by atoms with Crippen LogP contribution in [0.3, 0.4) is 0 Å². The van der Waals surface area contributed by atoms with Crippen molar-refractivity contribution in [3.63, 3.8) is 0 Å². The Labute approximate surface area is 96.5 Å². The standard InChI is InChI=1S/C11H9N3OS/c1-7-13-9-6-8(2-3-10(9)16-7)14-11(15)4-5-12/h2-3,6H,4H2,1H3,(H,14,15). The van der Waals surface area contributed by atoms with Crippen LogP contribution in [0.15, 0.2) is 18.2 Å². The minimum atomic E-state index is -0.297. The fraction of sp³-hybridized carbons (Fsp3) is 0.182. The van der Waals surface area contributed by atoms with Gasteiger partial charge in [-0.05, 0) is 25.1 Å². The molecule has 2 rings (SSSR count). The SMILES string of the molecule is Cc1nc2cc(NC(=O)CC#N)ccc2s1. The van der Waals surface area contributed by atoms with E-state index in [1.54, 1.807) is 17.4 Å². The fourth-order valence-corrected chi connectivity index (χ4v) is 2.20. The maximum Gasteiger partial charge on any atom is 0.238 e. The van der Waals surface area contributed by atoms with Crippen molar-refractivity contribution in [3.8, 4) is 6.07 Å². The summed E-state index contributed by atoms with van der Waals surface area (Å²) in [6.07, 6.45) is -0.131. The molecular formula is C11H9N3OS. The molecule has 0 saturated carbocycles. The van der Waals surface area contributed by atoms with Crippen LogP contribution >= 0.6 is 11.3 Å². The number of thiazole rings is 1. The summed E-state index contributed by atoms with van der Waals surface area (Å²) in [4.78, 5) is 15.5. The lowest BCUT2D eigenvalue weighted by atomic mass is 10.3. The lowest BCUT2D eigenvalue weighted by molar-refractivity contribution is -0.115. The molecule has 1 N–H and O–H groups in total. The van der Waals surface area contributed by atoms with Crippen LogP contribution in [-0.2, 0) is 4.79 Å². The van der Waals surface area contributed by atoms with E-state index in [1.165, 1.54) is 0 Å². The number of aryl methyl sites for hydroxylation is 1. The molecule has 1 aromatic carbocycles. The van der Waals surface area contributed by atoms with Crippen molar-refractivity contribution in [2.45, 2.75) is 13.3 Å². The van der Waals surface area contributed by atoms with Crippen molar-refractivity contribution in [2.24, 2.45) is 0 Å². The average molecular weight is 231 g/mol. The molecule has 4 nitrogen and oxygen atoms in total. The van der Waals surface area contributed by atoms with Gasteiger partial charge in [-0.1, -0.05) is 0 Å². The summed E-state index contributed by atoms with van der Waals surface area (Å²) in [5, 5.41) is 12.0. The van der Waals surface area contributed by atoms with Gasteiger partial charge >= 0.3 is 0 Å². The predicted octanol–water partition coefficient (Wildman–Crippen LogP) is 2.46. The zero-order chi connectivity index (χ0) is 11.5. The molecule has 2 aromatic rings. The van der Waals surface area contributed by atoms with E-state index in [-0.39, 0.29) is 12.3 Å². The summed E-state index contributed by atoms with van der Waals surface area (Å²) in [5.74, 6) is -0.297. The second kappa shape index (κ2) is 4.29. The largest absolute Gasteiger partial charge is 0.325 e. The van der Waals surface area contributed by atoms with Gasteiger partial charge in [-0.2, -0.15) is 5.26 Å². The zero-order valence-corrected chi connectivity index (χ0v) is 9.47. The highest BCUT2D eigenvalue weighted by Crippen LogP contribution is 2.24. The molecule has 0 unspecified atom stereocenters. The number of nitrogens with zero attached hydrogens (tertiary/aromatic N) is 2. The normalized spacial score (nSPS) is 10.0. The molecule has 1 aromatic heterocycles. The number of nitriles is 1. The van der Waals surface area contributed by atoms with Crippen molar-refractivity contribution >= 4 is 33.1 Å². The van der Waals surface area contributed by atoms with E-state index in [1.807, 2.05) is 25.1 Å². The van der Waals surface area contributed by atoms with Gasteiger partial charge in [0.05, 0.1) is 21.3 Å². The molecule has 0 saturated heterocycles. The number of anilines is 1. The number of aromatic nitrogens is 1. The monoisotopic (exact) mass is 231 g/mol. The number of nitrogens with one attached hydrogen (secondary N) is 1. The summed E-state index contributed by atoms with van der Waals surface area (Å²) in [5.41, 5.74) is 1.55. The van der Waals surface area contributed by atoms with Gasteiger partial charge in [0.1, 0.15) is 6.42 Å². The first kappa shape index (κ1) is 10.6. The Morgan fingerprint density at radius 2 is 2.44 bits per heavy atom. The van der Waals surface area contributed by atoms with Crippen LogP contribution in [0.5, 0.6) is 0 Å². The van der Waals surface area contributed by atoms with E-state index in [2.05, 4.69) is 10.3 Å². The zero-order valence-electron chi connectivity index (χ0n) is 8.65. The van der Waals surface area contributed by atoms with E-state index in [4.69, 9.17) is 5.26 Å². The number of fused-ring (bicyclic) bond motifs is 1. The number of benzene rings is 1. The quantitative estimate of drug-likeness (QED) is 0.863. The van der Waals surface area contributed by atoms with Crippen LogP contribution in [0.25, 0.3) is 10.2 Å². The Bertz CT molecular complexity index is 582. The lowest BCUT2D eigenvalue weighted by Gasteiger charge is -2.01. The molecule has 0 aliphatic carbocycles. The summed E-state index contributed by atoms with van der Waals surface area (Å²) in [7, 11) is 0. The number of carbonyl (C=O) groups is 1. The van der Waals surface area contributed by atoms with E-state index < -0.39 is 0 Å². The van der Waals surface area contributed by atoms with E-state index >= 15 is 0 Å². The Morgan fingerprint density at radius 1 is 1.62 bits per heavy atom. The van der Waals surface area contributed by atoms with Gasteiger partial charge in [-0.25, -0.2) is 4.98 Å². The molecular weight excluding hydrogens is 222 g/mol. The van der Waals surface area contributed by atoms with Gasteiger partial charge in [-0.15, -0.1) is 11.3 Å². The molecule has 5 heteroatoms. The molecule has 0 radical (unpaired) electrons. The van der Waals surface area contributed by atoms with Crippen LogP contribution in [0.2, 0.25) is 0 Å². The van der Waals surface area contributed by atoms with Crippen LogP contribution in [-0.4, -0.2) is 10.9 Å². The molecule has 0 fully saturated rings. The van der Waals surface area contributed by atoms with E-state index in [0.717, 1.165) is 15.2 Å². The maximum absolute atomic E-state index is 11.2. The second-order valence-electron chi connectivity index (χ2n) is 3.30. The van der Waals surface area contributed by atoms with Gasteiger partial charge in [0, 0.05) is 5.69 Å². The highest BCUT2D eigenvalue weighted by atomic mass is 32.1. The van der Waals surface area contributed by atoms with Crippen LogP contribution < -0.4 is 5.32 Å². The van der Waals surface area contributed by atoms with Gasteiger partial charge in [0.2, 0.25) is 5.91 Å². The number of amides is 1. The topological polar surface area (TPSA) is 65.8 Å². The van der Waals surface area contributed by atoms with Crippen molar-refractivity contribution in [3.05, 3.63) is 23.2 Å². The second-order valence-corrected chi connectivity index (χ2v) is 4.53. The Balaban J connectivity index is 2.26. The third kappa shape index (κ3) is 2.18. The van der Waals surface area contributed by atoms with Crippen molar-refractivity contribution < 1.29 is 4.79 Å². The first-order chi connectivity index (χ1) is 7.69. The van der Waals surface area contributed by atoms with Crippen molar-refractivity contribution in [1.82, 2.24) is 4.98 Å². The molecule has 0 aliphatic heterocycles. The molecule has 0 spiro atoms. The minimum absolute atomic E-state index is 0.131. The molecule has 16 heavy (non-hydrogen) atoms.